The molecule has 0 spiro atoms. The van der Waals surface area contributed by atoms with Crippen LogP contribution >= 0.6 is 25.3 Å². The summed E-state index contributed by atoms with van der Waals surface area (Å²) in [7, 11) is 0. The Labute approximate surface area is 155 Å². The van der Waals surface area contributed by atoms with Crippen molar-refractivity contribution < 1.29 is 34.2 Å². The first-order chi connectivity index (χ1) is 10.0. The Morgan fingerprint density at radius 2 is 1.86 bits per heavy atom. The minimum atomic E-state index is -1.05. The number of carboxylic acids is 1. The molecule has 0 aliphatic rings. The van der Waals surface area contributed by atoms with Crippen LogP contribution in [-0.2, 0) is 24.3 Å². The average Bonchev–Trinajstić information content (AvgIpc) is 2.44. The summed E-state index contributed by atoms with van der Waals surface area (Å²) in [6, 6.07) is 6.40. The molecule has 1 aromatic rings. The van der Waals surface area contributed by atoms with Gasteiger partial charge in [0.15, 0.2) is 0 Å². The summed E-state index contributed by atoms with van der Waals surface area (Å²) >= 11 is 8.59. The van der Waals surface area contributed by atoms with Crippen LogP contribution in [0.3, 0.4) is 0 Å². The molecule has 4 nitrogen and oxygen atoms in total. The van der Waals surface area contributed by atoms with E-state index in [0.29, 0.717) is 17.4 Å². The van der Waals surface area contributed by atoms with Crippen LogP contribution in [0.25, 0.3) is 0 Å². The summed E-state index contributed by atoms with van der Waals surface area (Å²) in [6.07, 6.45) is 4.00. The maximum absolute atomic E-state index is 11.8. The predicted octanol–water partition coefficient (Wildman–Crippen LogP) is 3.50. The molecule has 1 aromatic carbocycles. The van der Waals surface area contributed by atoms with E-state index < -0.39 is 5.97 Å². The monoisotopic (exact) mass is 391 g/mol. The van der Waals surface area contributed by atoms with Gasteiger partial charge in [0.25, 0.3) is 0 Å². The van der Waals surface area contributed by atoms with Gasteiger partial charge in [0.05, 0.1) is 11.3 Å². The number of thiol groups is 2. The molecule has 0 heterocycles. The number of para-hydroxylation sites is 1. The maximum atomic E-state index is 11.8. The first-order valence-electron chi connectivity index (χ1n) is 6.95. The Hall–Kier alpha value is -0.517. The zero-order valence-electron chi connectivity index (χ0n) is 12.5. The normalized spacial score (nSPS) is 11.4. The maximum Gasteiger partial charge on any atom is 0.337 e. The van der Waals surface area contributed by atoms with Gasteiger partial charge < -0.3 is 10.4 Å². The third-order valence-corrected chi connectivity index (χ3v) is 3.86. The molecule has 0 bridgehead atoms. The number of hydrogen-bond acceptors (Lipinski definition) is 4. The molecule has 22 heavy (non-hydrogen) atoms. The van der Waals surface area contributed by atoms with Crippen molar-refractivity contribution in [1.29, 1.82) is 0 Å². The second kappa shape index (κ2) is 12.0. The molecule has 1 amide bonds. The van der Waals surface area contributed by atoms with E-state index in [-0.39, 0.29) is 30.9 Å². The molecule has 118 valence electrons. The van der Waals surface area contributed by atoms with Crippen molar-refractivity contribution in [2.45, 2.75) is 37.4 Å². The van der Waals surface area contributed by atoms with Gasteiger partial charge in [-0.3, -0.25) is 4.79 Å². The van der Waals surface area contributed by atoms with E-state index in [1.807, 2.05) is 0 Å². The van der Waals surface area contributed by atoms with E-state index in [9.17, 15) is 9.59 Å². The van der Waals surface area contributed by atoms with Gasteiger partial charge in [-0.15, -0.1) is 0 Å². The van der Waals surface area contributed by atoms with Gasteiger partial charge in [0.2, 0.25) is 5.91 Å². The van der Waals surface area contributed by atoms with Crippen molar-refractivity contribution in [2.75, 3.05) is 11.1 Å². The predicted molar refractivity (Wildman–Crippen MR) is 91.7 cm³/mol. The van der Waals surface area contributed by atoms with Crippen molar-refractivity contribution in [3.8, 4) is 0 Å². The summed E-state index contributed by atoms with van der Waals surface area (Å²) in [5, 5.41) is 12.0. The molecule has 0 fully saturated rings. The number of unbranched alkanes of at least 4 members (excludes halogenated alkanes) is 1. The summed E-state index contributed by atoms with van der Waals surface area (Å²) in [6.45, 7) is 0. The van der Waals surface area contributed by atoms with E-state index in [4.69, 9.17) is 5.11 Å². The molecule has 1 atom stereocenters. The molecule has 0 saturated carbocycles. The third-order valence-electron chi connectivity index (χ3n) is 3.09. The number of rotatable bonds is 9. The number of carbonyl (C=O) groups is 2. The first kappa shape index (κ1) is 21.5. The van der Waals surface area contributed by atoms with E-state index in [1.54, 1.807) is 18.2 Å². The topological polar surface area (TPSA) is 66.4 Å². The quantitative estimate of drug-likeness (QED) is 0.295. The van der Waals surface area contributed by atoms with E-state index >= 15 is 0 Å². The van der Waals surface area contributed by atoms with Gasteiger partial charge in [0, 0.05) is 31.1 Å². The molecule has 7 heteroatoms. The van der Waals surface area contributed by atoms with Crippen molar-refractivity contribution in [2.24, 2.45) is 0 Å². The van der Waals surface area contributed by atoms with Gasteiger partial charge in [-0.2, -0.15) is 25.3 Å². The molecule has 0 aliphatic heterocycles. The van der Waals surface area contributed by atoms with Crippen LogP contribution in [0.5, 0.6) is 0 Å². The minimum Gasteiger partial charge on any atom is -0.478 e. The smallest absolute Gasteiger partial charge is 0.337 e. The SMILES string of the molecule is O=C(CCCCC(S)CCS)Nc1ccccc1C(=O)O.[Zn]. The molecule has 1 unspecified atom stereocenters. The van der Waals surface area contributed by atoms with E-state index in [1.165, 1.54) is 6.07 Å². The Morgan fingerprint density at radius 1 is 1.18 bits per heavy atom. The number of carbonyl (C=O) groups excluding carboxylic acids is 1. The van der Waals surface area contributed by atoms with Crippen LogP contribution < -0.4 is 5.32 Å². The van der Waals surface area contributed by atoms with Crippen LogP contribution in [0.4, 0.5) is 5.69 Å². The van der Waals surface area contributed by atoms with E-state index in [0.717, 1.165) is 31.4 Å². The van der Waals surface area contributed by atoms with Gasteiger partial charge >= 0.3 is 5.97 Å². The zero-order valence-corrected chi connectivity index (χ0v) is 17.3. The molecular formula is C15H21NO3S2Zn. The van der Waals surface area contributed by atoms with Crippen LogP contribution in [0.2, 0.25) is 0 Å². The molecule has 0 aromatic heterocycles. The van der Waals surface area contributed by atoms with Crippen molar-refractivity contribution >= 4 is 42.8 Å². The Morgan fingerprint density at radius 3 is 2.50 bits per heavy atom. The van der Waals surface area contributed by atoms with Crippen LogP contribution in [0.1, 0.15) is 42.5 Å². The van der Waals surface area contributed by atoms with Crippen molar-refractivity contribution in [3.05, 3.63) is 29.8 Å². The molecule has 2 N–H and O–H groups in total. The number of nitrogens with one attached hydrogen (secondary N) is 1. The molecular weight excluding hydrogens is 372 g/mol. The molecule has 0 aliphatic carbocycles. The number of benzene rings is 1. The number of anilines is 1. The van der Waals surface area contributed by atoms with Gasteiger partial charge in [0.1, 0.15) is 0 Å². The van der Waals surface area contributed by atoms with Gasteiger partial charge in [-0.1, -0.05) is 18.6 Å². The Balaban J connectivity index is 0.00000441. The molecule has 0 radical (unpaired) electrons. The fourth-order valence-corrected chi connectivity index (χ4v) is 2.78. The van der Waals surface area contributed by atoms with Gasteiger partial charge in [-0.05, 0) is 37.1 Å². The first-order valence-corrected chi connectivity index (χ1v) is 8.10. The number of carboxylic acid groups (broad SMARTS) is 1. The average molecular weight is 393 g/mol. The number of aromatic carboxylic acids is 1. The van der Waals surface area contributed by atoms with E-state index in [2.05, 4.69) is 30.6 Å². The third kappa shape index (κ3) is 8.20. The largest absolute Gasteiger partial charge is 0.478 e. The number of hydrogen-bond donors (Lipinski definition) is 4. The fraction of sp³-hybridized carbons (Fsp3) is 0.467. The van der Waals surface area contributed by atoms with Crippen molar-refractivity contribution in [3.63, 3.8) is 0 Å². The molecule has 1 rings (SSSR count). The number of amides is 1. The second-order valence-electron chi connectivity index (χ2n) is 4.81. The minimum absolute atomic E-state index is 0. The second-order valence-corrected chi connectivity index (χ2v) is 5.99. The zero-order chi connectivity index (χ0) is 15.7. The summed E-state index contributed by atoms with van der Waals surface area (Å²) in [5.74, 6) is -0.384. The Kier molecular flexibility index (Phi) is 11.7. The van der Waals surface area contributed by atoms with Crippen molar-refractivity contribution in [1.82, 2.24) is 0 Å². The summed E-state index contributed by atoms with van der Waals surface area (Å²) < 4.78 is 0. The van der Waals surface area contributed by atoms with Crippen LogP contribution in [-0.4, -0.2) is 28.0 Å². The Bertz CT molecular complexity index is 486. The summed E-state index contributed by atoms with van der Waals surface area (Å²) in [4.78, 5) is 22.9. The molecule has 0 saturated heterocycles. The van der Waals surface area contributed by atoms with Gasteiger partial charge in [-0.25, -0.2) is 4.79 Å². The van der Waals surface area contributed by atoms with Crippen LogP contribution in [0.15, 0.2) is 24.3 Å². The standard InChI is InChI=1S/C15H21NO3S2.Zn/c17-14(8-4-1-5-11(21)9-10-20)16-13-7-3-2-6-12(13)15(18)19;/h2-3,6-7,11,20-21H,1,4-5,8-10H2,(H,16,17)(H,18,19);. The summed E-state index contributed by atoms with van der Waals surface area (Å²) in [5.41, 5.74) is 0.451. The fourth-order valence-electron chi connectivity index (χ4n) is 1.95. The van der Waals surface area contributed by atoms with Crippen LogP contribution in [0, 0.1) is 0 Å².